The number of likely N-dealkylation sites (tertiary alicyclic amines) is 1. The fraction of sp³-hybridized carbons (Fsp3) is 0.588. The molecule has 16 nitrogen and oxygen atoms in total. The number of aliphatic hydroxyl groups is 1. The molecule has 51 heavy (non-hydrogen) atoms. The molecule has 4 atom stereocenters. The Bertz CT molecular complexity index is 1590. The highest BCUT2D eigenvalue weighted by molar-refractivity contribution is 6.37. The number of nitrogens with one attached hydrogen (secondary N) is 3. The molecule has 4 rings (SSSR count). The Morgan fingerprint density at radius 1 is 1.04 bits per heavy atom. The van der Waals surface area contributed by atoms with Gasteiger partial charge in [0.05, 0.1) is 29.5 Å². The molecule has 1 aliphatic heterocycles. The highest BCUT2D eigenvalue weighted by Crippen LogP contribution is 2.33. The van der Waals surface area contributed by atoms with Gasteiger partial charge in [0.2, 0.25) is 17.6 Å². The number of amides is 5. The summed E-state index contributed by atoms with van der Waals surface area (Å²) in [6.45, 7) is 3.06. The predicted octanol–water partition coefficient (Wildman–Crippen LogP) is 1.53. The maximum atomic E-state index is 14.6. The molecule has 0 bridgehead atoms. The largest absolute Gasteiger partial charge is 0.465 e. The summed E-state index contributed by atoms with van der Waals surface area (Å²) in [4.78, 5) is 78.7. The van der Waals surface area contributed by atoms with Gasteiger partial charge in [-0.1, -0.05) is 49.5 Å². The third kappa shape index (κ3) is 10.3. The Morgan fingerprint density at radius 3 is 2.39 bits per heavy atom. The van der Waals surface area contributed by atoms with Crippen LogP contribution in [0.2, 0.25) is 0 Å². The zero-order chi connectivity index (χ0) is 37.3. The fourth-order valence-electron chi connectivity index (χ4n) is 6.87. The lowest BCUT2D eigenvalue weighted by molar-refractivity contribution is -0.142. The lowest BCUT2D eigenvalue weighted by Crippen LogP contribution is -2.56. The van der Waals surface area contributed by atoms with E-state index >= 15 is 0 Å². The Hall–Kier alpha value is -4.93. The molecule has 2 unspecified atom stereocenters. The normalized spacial score (nSPS) is 19.2. The second-order valence-corrected chi connectivity index (χ2v) is 13.8. The van der Waals surface area contributed by atoms with Crippen molar-refractivity contribution in [2.75, 3.05) is 13.1 Å². The molecule has 7 N–H and O–H groups in total. The average molecular weight is 715 g/mol. The number of carboxylic acid groups (broad SMARTS) is 1. The summed E-state index contributed by atoms with van der Waals surface area (Å²) in [7, 11) is 0. The summed E-state index contributed by atoms with van der Waals surface area (Å²) >= 11 is 0. The number of halogens is 1. The van der Waals surface area contributed by atoms with Crippen LogP contribution in [0, 0.1) is 11.7 Å². The number of Topliss-reactive ketones (excluding diaryl/α,β-unsaturated/α-hetero) is 1. The van der Waals surface area contributed by atoms with Gasteiger partial charge in [-0.2, -0.15) is 0 Å². The van der Waals surface area contributed by atoms with Crippen molar-refractivity contribution in [2.24, 2.45) is 11.7 Å². The van der Waals surface area contributed by atoms with Gasteiger partial charge in [0, 0.05) is 19.5 Å². The van der Waals surface area contributed by atoms with Crippen LogP contribution in [-0.2, 0) is 24.8 Å². The summed E-state index contributed by atoms with van der Waals surface area (Å²) in [5.41, 5.74) is 3.98. The molecule has 2 heterocycles. The summed E-state index contributed by atoms with van der Waals surface area (Å²) in [5.74, 6) is -5.16. The average Bonchev–Trinajstić information content (AvgIpc) is 3.76. The third-order valence-corrected chi connectivity index (χ3v) is 9.50. The van der Waals surface area contributed by atoms with E-state index < -0.39 is 71.1 Å². The fourth-order valence-corrected chi connectivity index (χ4v) is 6.87. The highest BCUT2D eigenvalue weighted by Gasteiger charge is 2.45. The molecular weight excluding hydrogens is 667 g/mol. The molecule has 1 aromatic carbocycles. The first-order chi connectivity index (χ1) is 24.2. The second kappa shape index (κ2) is 17.3. The Morgan fingerprint density at radius 2 is 1.75 bits per heavy atom. The number of hydrogen-bond donors (Lipinski definition) is 6. The molecule has 5 amide bonds. The number of carbonyl (C=O) groups excluding carboxylic acids is 5. The number of hydrogen-bond acceptors (Lipinski definition) is 9. The van der Waals surface area contributed by atoms with Crippen LogP contribution < -0.4 is 21.7 Å². The van der Waals surface area contributed by atoms with Crippen LogP contribution in [0.15, 0.2) is 30.5 Å². The lowest BCUT2D eigenvalue weighted by atomic mass is 9.84. The molecule has 0 spiro atoms. The van der Waals surface area contributed by atoms with E-state index in [4.69, 9.17) is 10.8 Å². The van der Waals surface area contributed by atoms with Gasteiger partial charge >= 0.3 is 6.09 Å². The van der Waals surface area contributed by atoms with Gasteiger partial charge in [-0.15, -0.1) is 5.10 Å². The zero-order valence-electron chi connectivity index (χ0n) is 28.8. The minimum atomic E-state index is -1.38. The van der Waals surface area contributed by atoms with E-state index in [0.717, 1.165) is 38.2 Å². The van der Waals surface area contributed by atoms with Crippen LogP contribution in [0.4, 0.5) is 9.18 Å². The minimum Gasteiger partial charge on any atom is -0.465 e. The molecule has 2 fully saturated rings. The van der Waals surface area contributed by atoms with Gasteiger partial charge in [-0.3, -0.25) is 24.0 Å². The van der Waals surface area contributed by atoms with Crippen LogP contribution in [-0.4, -0.2) is 96.8 Å². The van der Waals surface area contributed by atoms with Crippen LogP contribution in [0.1, 0.15) is 100 Å². The first-order valence-electron chi connectivity index (χ1n) is 17.3. The van der Waals surface area contributed by atoms with Crippen molar-refractivity contribution >= 4 is 35.5 Å². The summed E-state index contributed by atoms with van der Waals surface area (Å²) < 4.78 is 16.1. The molecule has 1 aliphatic carbocycles. The summed E-state index contributed by atoms with van der Waals surface area (Å²) in [6.07, 6.45) is 5.52. The van der Waals surface area contributed by atoms with E-state index in [1.807, 2.05) is 0 Å². The molecule has 2 aliphatic rings. The number of carbonyl (C=O) groups is 6. The molecule has 1 saturated heterocycles. The number of nitrogens with two attached hydrogens (primary N) is 1. The molecular formula is C34H47FN8O8. The number of ketones is 1. The SMILES string of the molecule is CC(C)(O)c1cnnn1[C@H]1C[C@@H](C(=O)NC(CCCCNC(=O)O)C(=O)C(N)=O)N(C(=O)C(CC2CCCCC2)NC(=O)c2ccccc2F)C1. The van der Waals surface area contributed by atoms with Crippen molar-refractivity contribution in [1.82, 2.24) is 35.8 Å². The standard InChI is InChI=1S/C34H47FN8O8/c1-34(2,51)27-18-38-41-43(27)21-17-26(31(47)39-24(28(44)29(36)45)14-8-9-15-37-33(49)50)42(19-21)32(48)25(16-20-10-4-3-5-11-20)40-30(46)22-12-6-7-13-23(22)35/h6-7,12-13,18,20-21,24-26,37,51H,3-5,8-11,14-17,19H2,1-2H3,(H2,36,45)(H,39,47)(H,40,46)(H,49,50)/t21-,24?,25?,26-/m0/s1. The van der Waals surface area contributed by atoms with Gasteiger partial charge < -0.3 is 36.8 Å². The molecule has 278 valence electrons. The Labute approximate surface area is 294 Å². The predicted molar refractivity (Wildman–Crippen MR) is 179 cm³/mol. The van der Waals surface area contributed by atoms with Crippen molar-refractivity contribution < 1.29 is 43.4 Å². The number of primary amides is 1. The van der Waals surface area contributed by atoms with Crippen LogP contribution in [0.5, 0.6) is 0 Å². The van der Waals surface area contributed by atoms with Gasteiger partial charge in [0.15, 0.2) is 0 Å². The van der Waals surface area contributed by atoms with Crippen molar-refractivity contribution in [3.8, 4) is 0 Å². The summed E-state index contributed by atoms with van der Waals surface area (Å²) in [5, 5.41) is 35.2. The maximum Gasteiger partial charge on any atom is 0.404 e. The molecule has 17 heteroatoms. The number of unbranched alkanes of at least 4 members (excludes halogenated alkanes) is 1. The quantitative estimate of drug-likeness (QED) is 0.108. The number of nitrogens with zero attached hydrogens (tertiary/aromatic N) is 4. The second-order valence-electron chi connectivity index (χ2n) is 13.8. The first-order valence-corrected chi connectivity index (χ1v) is 17.3. The van der Waals surface area contributed by atoms with Gasteiger partial charge in [-0.05, 0) is 57.6 Å². The highest BCUT2D eigenvalue weighted by atomic mass is 19.1. The van der Waals surface area contributed by atoms with Crippen LogP contribution >= 0.6 is 0 Å². The summed E-state index contributed by atoms with van der Waals surface area (Å²) in [6, 6.07) is 1.02. The van der Waals surface area contributed by atoms with Gasteiger partial charge in [0.25, 0.3) is 11.8 Å². The molecule has 1 saturated carbocycles. The van der Waals surface area contributed by atoms with E-state index in [0.29, 0.717) is 12.1 Å². The Kier molecular flexibility index (Phi) is 13.2. The van der Waals surface area contributed by atoms with E-state index in [9.17, 15) is 38.3 Å². The number of benzene rings is 1. The van der Waals surface area contributed by atoms with E-state index in [1.165, 1.54) is 47.8 Å². The van der Waals surface area contributed by atoms with Crippen LogP contribution in [0.25, 0.3) is 0 Å². The zero-order valence-corrected chi connectivity index (χ0v) is 28.8. The minimum absolute atomic E-state index is 0.0264. The molecule has 0 radical (unpaired) electrons. The Balaban J connectivity index is 1.65. The smallest absolute Gasteiger partial charge is 0.404 e. The third-order valence-electron chi connectivity index (χ3n) is 9.50. The van der Waals surface area contributed by atoms with Gasteiger partial charge in [-0.25, -0.2) is 13.9 Å². The number of aromatic nitrogens is 3. The topological polar surface area (TPSA) is 239 Å². The van der Waals surface area contributed by atoms with E-state index in [1.54, 1.807) is 0 Å². The van der Waals surface area contributed by atoms with Crippen LogP contribution in [0.3, 0.4) is 0 Å². The van der Waals surface area contributed by atoms with Crippen molar-refractivity contribution in [3.63, 3.8) is 0 Å². The van der Waals surface area contributed by atoms with Crippen molar-refractivity contribution in [2.45, 2.75) is 108 Å². The maximum absolute atomic E-state index is 14.6. The van der Waals surface area contributed by atoms with Crippen molar-refractivity contribution in [3.05, 3.63) is 47.5 Å². The number of rotatable bonds is 16. The molecule has 2 aromatic rings. The molecule has 1 aromatic heterocycles. The van der Waals surface area contributed by atoms with Gasteiger partial charge in [0.1, 0.15) is 23.5 Å². The van der Waals surface area contributed by atoms with E-state index in [2.05, 4.69) is 26.3 Å². The monoisotopic (exact) mass is 714 g/mol. The van der Waals surface area contributed by atoms with E-state index in [-0.39, 0.29) is 50.3 Å². The lowest BCUT2D eigenvalue weighted by Gasteiger charge is -2.32. The first kappa shape index (κ1) is 38.9. The van der Waals surface area contributed by atoms with Crippen molar-refractivity contribution in [1.29, 1.82) is 0 Å².